The Bertz CT molecular complexity index is 83.5. The van der Waals surface area contributed by atoms with Crippen molar-refractivity contribution in [3.8, 4) is 0 Å². The third kappa shape index (κ3) is 11.8. The number of hydrogen-bond acceptors (Lipinski definition) is 5. The number of nitrogens with one attached hydrogen (secondary N) is 1. The molecule has 0 aliphatic rings. The third-order valence-electron chi connectivity index (χ3n) is 1.52. The van der Waals surface area contributed by atoms with Crippen LogP contribution >= 0.6 is 0 Å². The zero-order valence-electron chi connectivity index (χ0n) is 8.13. The lowest BCUT2D eigenvalue weighted by atomic mass is 10.4. The first-order valence-corrected chi connectivity index (χ1v) is 4.68. The van der Waals surface area contributed by atoms with Gasteiger partial charge in [-0.25, -0.2) is 0 Å². The summed E-state index contributed by atoms with van der Waals surface area (Å²) in [6.45, 7) is 3.99. The van der Waals surface area contributed by atoms with Crippen molar-refractivity contribution >= 4 is 0 Å². The van der Waals surface area contributed by atoms with E-state index in [9.17, 15) is 0 Å². The van der Waals surface area contributed by atoms with Gasteiger partial charge >= 0.3 is 0 Å². The van der Waals surface area contributed by atoms with E-state index in [0.717, 1.165) is 39.1 Å². The molecule has 0 atom stereocenters. The van der Waals surface area contributed by atoms with Crippen LogP contribution in [0.4, 0.5) is 0 Å². The fraction of sp³-hybridized carbons (Fsp3) is 1.00. The summed E-state index contributed by atoms with van der Waals surface area (Å²) < 4.78 is 9.95. The maximum atomic E-state index is 5.15. The fourth-order valence-corrected chi connectivity index (χ4v) is 0.890. The van der Waals surface area contributed by atoms with Crippen molar-refractivity contribution in [2.45, 2.75) is 12.8 Å². The second kappa shape index (κ2) is 11.8. The first-order valence-electron chi connectivity index (χ1n) is 4.68. The van der Waals surface area contributed by atoms with Gasteiger partial charge in [0.1, 0.15) is 0 Å². The minimum absolute atomic E-state index is 0.310. The molecule has 5 nitrogen and oxygen atoms in total. The first-order chi connectivity index (χ1) is 6.41. The Labute approximate surface area is 79.8 Å². The molecule has 0 aliphatic carbocycles. The van der Waals surface area contributed by atoms with Crippen molar-refractivity contribution in [3.05, 3.63) is 0 Å². The highest BCUT2D eigenvalue weighted by Gasteiger charge is 1.89. The molecule has 0 rings (SSSR count). The van der Waals surface area contributed by atoms with E-state index in [0.29, 0.717) is 13.5 Å². The zero-order chi connectivity index (χ0) is 9.78. The molecule has 0 radical (unpaired) electrons. The second-order valence-corrected chi connectivity index (χ2v) is 2.61. The molecule has 0 fully saturated rings. The Balaban J connectivity index is 2.76. The maximum Gasteiger partial charge on any atom is 0.0940 e. The summed E-state index contributed by atoms with van der Waals surface area (Å²) in [6, 6.07) is 0. The Hall–Kier alpha value is -0.200. The number of nitrogens with two attached hydrogens (primary N) is 2. The van der Waals surface area contributed by atoms with E-state index in [-0.39, 0.29) is 0 Å². The zero-order valence-corrected chi connectivity index (χ0v) is 8.13. The summed E-state index contributed by atoms with van der Waals surface area (Å²) in [5.41, 5.74) is 10.3. The lowest BCUT2D eigenvalue weighted by Crippen LogP contribution is -2.20. The summed E-state index contributed by atoms with van der Waals surface area (Å²) in [4.78, 5) is 0. The van der Waals surface area contributed by atoms with Gasteiger partial charge in [-0.05, 0) is 25.9 Å². The number of ether oxygens (including phenoxy) is 2. The number of rotatable bonds is 10. The van der Waals surface area contributed by atoms with E-state index in [4.69, 9.17) is 20.9 Å². The van der Waals surface area contributed by atoms with Crippen LogP contribution in [0.5, 0.6) is 0 Å². The molecule has 0 saturated carbocycles. The van der Waals surface area contributed by atoms with Gasteiger partial charge in [0.05, 0.1) is 13.5 Å². The molecule has 0 aromatic heterocycles. The molecule has 5 N–H and O–H groups in total. The summed E-state index contributed by atoms with van der Waals surface area (Å²) in [6.07, 6.45) is 1.99. The van der Waals surface area contributed by atoms with Crippen LogP contribution in [-0.4, -0.2) is 39.8 Å². The lowest BCUT2D eigenvalue weighted by Gasteiger charge is -2.04. The van der Waals surface area contributed by atoms with Gasteiger partial charge in [-0.15, -0.1) is 0 Å². The van der Waals surface area contributed by atoms with E-state index in [2.05, 4.69) is 5.32 Å². The maximum absolute atomic E-state index is 5.15. The Morgan fingerprint density at radius 3 is 1.69 bits per heavy atom. The van der Waals surface area contributed by atoms with Gasteiger partial charge < -0.3 is 26.3 Å². The van der Waals surface area contributed by atoms with Crippen LogP contribution in [0.25, 0.3) is 0 Å². The van der Waals surface area contributed by atoms with Gasteiger partial charge in [0.25, 0.3) is 0 Å². The van der Waals surface area contributed by atoms with Gasteiger partial charge in [0.2, 0.25) is 0 Å². The standard InChI is InChI=1S/C8H21N3O2/c9-7-12-5-1-3-11-4-2-6-13-8-10/h11H,1-10H2. The van der Waals surface area contributed by atoms with Crippen LogP contribution in [0.1, 0.15) is 12.8 Å². The monoisotopic (exact) mass is 191 g/mol. The average molecular weight is 191 g/mol. The molecular formula is C8H21N3O2. The minimum atomic E-state index is 0.310. The van der Waals surface area contributed by atoms with Gasteiger partial charge in [0, 0.05) is 13.2 Å². The van der Waals surface area contributed by atoms with E-state index in [1.807, 2.05) is 0 Å². The van der Waals surface area contributed by atoms with Crippen LogP contribution < -0.4 is 16.8 Å². The quantitative estimate of drug-likeness (QED) is 0.312. The van der Waals surface area contributed by atoms with Gasteiger partial charge in [-0.1, -0.05) is 0 Å². The van der Waals surface area contributed by atoms with Gasteiger partial charge in [-0.3, -0.25) is 0 Å². The van der Waals surface area contributed by atoms with Crippen molar-refractivity contribution in [2.75, 3.05) is 39.8 Å². The number of hydrogen-bond donors (Lipinski definition) is 3. The van der Waals surface area contributed by atoms with Crippen molar-refractivity contribution in [1.82, 2.24) is 5.32 Å². The van der Waals surface area contributed by atoms with E-state index >= 15 is 0 Å². The molecule has 5 heteroatoms. The van der Waals surface area contributed by atoms with Crippen molar-refractivity contribution in [2.24, 2.45) is 11.5 Å². The second-order valence-electron chi connectivity index (χ2n) is 2.61. The molecule has 0 saturated heterocycles. The predicted molar refractivity (Wildman–Crippen MR) is 52.1 cm³/mol. The topological polar surface area (TPSA) is 82.5 Å². The molecule has 0 amide bonds. The predicted octanol–water partition coefficient (Wildman–Crippen LogP) is -0.778. The highest BCUT2D eigenvalue weighted by Crippen LogP contribution is 1.81. The smallest absolute Gasteiger partial charge is 0.0940 e. The molecule has 0 unspecified atom stereocenters. The fourth-order valence-electron chi connectivity index (χ4n) is 0.890. The summed E-state index contributed by atoms with van der Waals surface area (Å²) >= 11 is 0. The van der Waals surface area contributed by atoms with E-state index < -0.39 is 0 Å². The van der Waals surface area contributed by atoms with Crippen molar-refractivity contribution < 1.29 is 9.47 Å². The Kier molecular flexibility index (Phi) is 11.6. The molecule has 0 heterocycles. The van der Waals surface area contributed by atoms with E-state index in [1.54, 1.807) is 0 Å². The highest BCUT2D eigenvalue weighted by atomic mass is 16.5. The molecule has 0 aromatic carbocycles. The van der Waals surface area contributed by atoms with Gasteiger partial charge in [-0.2, -0.15) is 0 Å². The molecule has 0 aliphatic heterocycles. The summed E-state index contributed by atoms with van der Waals surface area (Å²) in [5, 5.41) is 3.26. The normalized spacial score (nSPS) is 10.6. The lowest BCUT2D eigenvalue weighted by molar-refractivity contribution is 0.134. The van der Waals surface area contributed by atoms with Crippen molar-refractivity contribution in [1.29, 1.82) is 0 Å². The largest absolute Gasteiger partial charge is 0.366 e. The van der Waals surface area contributed by atoms with E-state index in [1.165, 1.54) is 0 Å². The third-order valence-corrected chi connectivity index (χ3v) is 1.52. The highest BCUT2D eigenvalue weighted by molar-refractivity contribution is 4.47. The summed E-state index contributed by atoms with van der Waals surface area (Å²) in [5.74, 6) is 0. The molecule has 0 bridgehead atoms. The Morgan fingerprint density at radius 1 is 0.846 bits per heavy atom. The van der Waals surface area contributed by atoms with Crippen LogP contribution in [0, 0.1) is 0 Å². The minimum Gasteiger partial charge on any atom is -0.366 e. The molecule has 0 spiro atoms. The van der Waals surface area contributed by atoms with Crippen LogP contribution in [-0.2, 0) is 9.47 Å². The Morgan fingerprint density at radius 2 is 1.31 bits per heavy atom. The molecule has 80 valence electrons. The molecule has 0 aromatic rings. The van der Waals surface area contributed by atoms with Crippen LogP contribution in [0.3, 0.4) is 0 Å². The molecule has 13 heavy (non-hydrogen) atoms. The SMILES string of the molecule is NCOCCCNCCCOCN. The van der Waals surface area contributed by atoms with Crippen molar-refractivity contribution in [3.63, 3.8) is 0 Å². The van der Waals surface area contributed by atoms with Gasteiger partial charge in [0.15, 0.2) is 0 Å². The summed E-state index contributed by atoms with van der Waals surface area (Å²) in [7, 11) is 0. The molecular weight excluding hydrogens is 170 g/mol. The van der Waals surface area contributed by atoms with Crippen LogP contribution in [0.15, 0.2) is 0 Å². The average Bonchev–Trinajstić information content (AvgIpc) is 2.16. The van der Waals surface area contributed by atoms with Crippen LogP contribution in [0.2, 0.25) is 0 Å². The first kappa shape index (κ1) is 12.8.